The van der Waals surface area contributed by atoms with Crippen LogP contribution in [0, 0.1) is 0 Å². The van der Waals surface area contributed by atoms with E-state index in [9.17, 15) is 9.59 Å². The van der Waals surface area contributed by atoms with Gasteiger partial charge in [0.1, 0.15) is 0 Å². The average molecular weight is 424 g/mol. The van der Waals surface area contributed by atoms with Crippen molar-refractivity contribution in [2.45, 2.75) is 65.2 Å². The van der Waals surface area contributed by atoms with Crippen molar-refractivity contribution in [3.8, 4) is 11.1 Å². The fraction of sp³-hybridized carbons (Fsp3) is 0.481. The molecule has 0 saturated carbocycles. The topological polar surface area (TPSA) is 46.6 Å². The number of rotatable bonds is 13. The molecule has 4 heteroatoms. The quantitative estimate of drug-likeness (QED) is 0.265. The molecule has 0 aliphatic carbocycles. The number of hydrogen-bond acceptors (Lipinski definition) is 3. The maximum atomic E-state index is 13.6. The lowest BCUT2D eigenvalue weighted by Gasteiger charge is -2.24. The van der Waals surface area contributed by atoms with Gasteiger partial charge in [-0.3, -0.25) is 4.79 Å². The number of esters is 1. The summed E-state index contributed by atoms with van der Waals surface area (Å²) >= 11 is 0. The summed E-state index contributed by atoms with van der Waals surface area (Å²) in [4.78, 5) is 28.0. The number of benzene rings is 2. The Bertz CT molecular complexity index is 804. The van der Waals surface area contributed by atoms with Gasteiger partial charge in [-0.05, 0) is 36.1 Å². The number of unbranched alkanes of at least 4 members (excludes halogenated alkanes) is 6. The highest BCUT2D eigenvalue weighted by Crippen LogP contribution is 2.24. The van der Waals surface area contributed by atoms with Gasteiger partial charge in [0.2, 0.25) is 0 Å². The van der Waals surface area contributed by atoms with Crippen molar-refractivity contribution >= 4 is 11.9 Å². The fourth-order valence-electron chi connectivity index (χ4n) is 3.76. The summed E-state index contributed by atoms with van der Waals surface area (Å²) in [5, 5.41) is 0. The van der Waals surface area contributed by atoms with Crippen LogP contribution in [0.2, 0.25) is 0 Å². The second-order valence-corrected chi connectivity index (χ2v) is 8.03. The summed E-state index contributed by atoms with van der Waals surface area (Å²) in [6, 6.07) is 15.4. The van der Waals surface area contributed by atoms with Crippen molar-refractivity contribution in [2.75, 3.05) is 20.2 Å². The summed E-state index contributed by atoms with van der Waals surface area (Å²) < 4.78 is 4.97. The molecular weight excluding hydrogens is 386 g/mol. The third-order valence-corrected chi connectivity index (χ3v) is 5.61. The summed E-state index contributed by atoms with van der Waals surface area (Å²) in [5.41, 5.74) is 2.71. The van der Waals surface area contributed by atoms with Crippen molar-refractivity contribution in [3.63, 3.8) is 0 Å². The highest BCUT2D eigenvalue weighted by Gasteiger charge is 2.23. The molecule has 0 heterocycles. The van der Waals surface area contributed by atoms with Gasteiger partial charge in [-0.2, -0.15) is 0 Å². The van der Waals surface area contributed by atoms with Gasteiger partial charge in [0, 0.05) is 13.1 Å². The zero-order valence-electron chi connectivity index (χ0n) is 19.4. The molecule has 0 saturated heterocycles. The maximum absolute atomic E-state index is 13.6. The van der Waals surface area contributed by atoms with E-state index in [0.717, 1.165) is 62.7 Å². The summed E-state index contributed by atoms with van der Waals surface area (Å²) in [6.45, 7) is 5.82. The van der Waals surface area contributed by atoms with E-state index in [1.54, 1.807) is 6.07 Å². The molecule has 168 valence electrons. The van der Waals surface area contributed by atoms with Crippen LogP contribution in [0.4, 0.5) is 0 Å². The van der Waals surface area contributed by atoms with Crippen LogP contribution in [0.1, 0.15) is 85.9 Å². The average Bonchev–Trinajstić information content (AvgIpc) is 2.82. The predicted octanol–water partition coefficient (Wildman–Crippen LogP) is 6.74. The lowest BCUT2D eigenvalue weighted by molar-refractivity contribution is 0.0589. The van der Waals surface area contributed by atoms with Crippen molar-refractivity contribution in [1.29, 1.82) is 0 Å². The van der Waals surface area contributed by atoms with Crippen LogP contribution < -0.4 is 0 Å². The van der Waals surface area contributed by atoms with E-state index < -0.39 is 5.97 Å². The Morgan fingerprint density at radius 2 is 1.35 bits per heavy atom. The summed E-state index contributed by atoms with van der Waals surface area (Å²) in [5.74, 6) is -0.550. The minimum absolute atomic E-state index is 0.0776. The molecule has 0 aliphatic rings. The molecule has 0 radical (unpaired) electrons. The van der Waals surface area contributed by atoms with Crippen LogP contribution in [-0.4, -0.2) is 37.0 Å². The molecule has 0 spiro atoms. The normalized spacial score (nSPS) is 10.7. The van der Waals surface area contributed by atoms with E-state index in [0.29, 0.717) is 11.1 Å². The van der Waals surface area contributed by atoms with Gasteiger partial charge < -0.3 is 9.64 Å². The standard InChI is InChI=1S/C27H37NO3/c1-4-6-8-13-19-28(20-14-9-7-5-2)26(29)25-21-23(22-15-11-10-12-16-22)17-18-24(25)27(30)31-3/h10-12,15-18,21H,4-9,13-14,19-20H2,1-3H3. The van der Waals surface area contributed by atoms with E-state index in [2.05, 4.69) is 13.8 Å². The van der Waals surface area contributed by atoms with E-state index in [4.69, 9.17) is 4.74 Å². The van der Waals surface area contributed by atoms with Crippen LogP contribution in [-0.2, 0) is 4.74 Å². The Hall–Kier alpha value is -2.62. The number of ether oxygens (including phenoxy) is 1. The first-order chi connectivity index (χ1) is 15.1. The van der Waals surface area contributed by atoms with Crippen molar-refractivity contribution in [1.82, 2.24) is 4.90 Å². The van der Waals surface area contributed by atoms with E-state index in [1.807, 2.05) is 47.4 Å². The lowest BCUT2D eigenvalue weighted by Crippen LogP contribution is -2.34. The van der Waals surface area contributed by atoms with Gasteiger partial charge in [0.05, 0.1) is 18.2 Å². The van der Waals surface area contributed by atoms with Crippen molar-refractivity contribution in [3.05, 3.63) is 59.7 Å². The third kappa shape index (κ3) is 7.54. The summed E-state index contributed by atoms with van der Waals surface area (Å²) in [7, 11) is 1.36. The smallest absolute Gasteiger partial charge is 0.338 e. The molecule has 0 fully saturated rings. The van der Waals surface area contributed by atoms with Gasteiger partial charge in [-0.1, -0.05) is 88.8 Å². The predicted molar refractivity (Wildman–Crippen MR) is 127 cm³/mol. The third-order valence-electron chi connectivity index (χ3n) is 5.61. The van der Waals surface area contributed by atoms with Crippen LogP contribution in [0.25, 0.3) is 11.1 Å². The van der Waals surface area contributed by atoms with Crippen LogP contribution in [0.15, 0.2) is 48.5 Å². The second kappa shape index (κ2) is 13.6. The Morgan fingerprint density at radius 1 is 0.742 bits per heavy atom. The molecule has 4 nitrogen and oxygen atoms in total. The number of amides is 1. The fourth-order valence-corrected chi connectivity index (χ4v) is 3.76. The van der Waals surface area contributed by atoms with Gasteiger partial charge in [0.15, 0.2) is 0 Å². The van der Waals surface area contributed by atoms with Crippen LogP contribution in [0.3, 0.4) is 0 Å². The monoisotopic (exact) mass is 423 g/mol. The molecule has 0 aromatic heterocycles. The number of methoxy groups -OCH3 is 1. The van der Waals surface area contributed by atoms with Gasteiger partial charge in [-0.25, -0.2) is 4.79 Å². The highest BCUT2D eigenvalue weighted by atomic mass is 16.5. The van der Waals surface area contributed by atoms with E-state index in [1.165, 1.54) is 20.0 Å². The number of hydrogen-bond donors (Lipinski definition) is 0. The summed E-state index contributed by atoms with van der Waals surface area (Å²) in [6.07, 6.45) is 8.88. The highest BCUT2D eigenvalue weighted by molar-refractivity contribution is 6.06. The van der Waals surface area contributed by atoms with E-state index in [-0.39, 0.29) is 5.91 Å². The van der Waals surface area contributed by atoms with E-state index >= 15 is 0 Å². The molecule has 2 rings (SSSR count). The molecule has 0 N–H and O–H groups in total. The second-order valence-electron chi connectivity index (χ2n) is 8.03. The minimum Gasteiger partial charge on any atom is -0.465 e. The molecule has 0 bridgehead atoms. The zero-order chi connectivity index (χ0) is 22.5. The molecule has 1 amide bonds. The van der Waals surface area contributed by atoms with Crippen molar-refractivity contribution < 1.29 is 14.3 Å². The van der Waals surface area contributed by atoms with Crippen molar-refractivity contribution in [2.24, 2.45) is 0 Å². The zero-order valence-corrected chi connectivity index (χ0v) is 19.4. The minimum atomic E-state index is -0.472. The maximum Gasteiger partial charge on any atom is 0.338 e. The molecule has 0 aliphatic heterocycles. The van der Waals surface area contributed by atoms with Gasteiger partial charge >= 0.3 is 5.97 Å². The van der Waals surface area contributed by atoms with Crippen LogP contribution in [0.5, 0.6) is 0 Å². The molecule has 0 unspecified atom stereocenters. The number of carbonyl (C=O) groups is 2. The first kappa shape index (κ1) is 24.6. The van der Waals surface area contributed by atoms with Crippen LogP contribution >= 0.6 is 0 Å². The Kier molecular flexibility index (Phi) is 10.8. The van der Waals surface area contributed by atoms with Gasteiger partial charge in [0.25, 0.3) is 5.91 Å². The number of carbonyl (C=O) groups excluding carboxylic acids is 2. The molecule has 31 heavy (non-hydrogen) atoms. The Morgan fingerprint density at radius 3 is 1.90 bits per heavy atom. The number of nitrogens with zero attached hydrogens (tertiary/aromatic N) is 1. The first-order valence-corrected chi connectivity index (χ1v) is 11.7. The molecule has 2 aromatic carbocycles. The Balaban J connectivity index is 2.33. The first-order valence-electron chi connectivity index (χ1n) is 11.7. The molecule has 0 atom stereocenters. The molecule has 2 aromatic rings. The lowest BCUT2D eigenvalue weighted by atomic mass is 9.98. The Labute approximate surface area is 187 Å². The molecular formula is C27H37NO3. The largest absolute Gasteiger partial charge is 0.465 e. The van der Waals surface area contributed by atoms with Gasteiger partial charge in [-0.15, -0.1) is 0 Å². The SMILES string of the molecule is CCCCCCN(CCCCCC)C(=O)c1cc(-c2ccccc2)ccc1C(=O)OC.